The number of nitrogens with zero attached hydrogens (tertiary/aromatic N) is 4. The van der Waals surface area contributed by atoms with Crippen LogP contribution in [0.4, 0.5) is 4.39 Å². The monoisotopic (exact) mass is 502 g/mol. The summed E-state index contributed by atoms with van der Waals surface area (Å²) < 4.78 is 28.1. The van der Waals surface area contributed by atoms with Crippen LogP contribution in [0.3, 0.4) is 0 Å². The minimum Gasteiger partial charge on any atom is -0.488 e. The number of para-hydroxylation sites is 1. The van der Waals surface area contributed by atoms with Crippen molar-refractivity contribution in [3.05, 3.63) is 88.4 Å². The van der Waals surface area contributed by atoms with Gasteiger partial charge in [0, 0.05) is 24.2 Å². The Kier molecular flexibility index (Phi) is 6.62. The Morgan fingerprint density at radius 2 is 1.97 bits per heavy atom. The molecule has 8 nitrogen and oxygen atoms in total. The second kappa shape index (κ2) is 10.0. The highest BCUT2D eigenvalue weighted by Crippen LogP contribution is 2.34. The summed E-state index contributed by atoms with van der Waals surface area (Å²) >= 11 is 0. The van der Waals surface area contributed by atoms with Gasteiger partial charge in [0.1, 0.15) is 23.7 Å². The Labute approximate surface area is 213 Å². The number of hydrogen-bond donors (Lipinski definition) is 1. The Morgan fingerprint density at radius 1 is 1.16 bits per heavy atom. The first-order valence-corrected chi connectivity index (χ1v) is 11.9. The summed E-state index contributed by atoms with van der Waals surface area (Å²) in [6, 6.07) is 14.8. The van der Waals surface area contributed by atoms with Crippen molar-refractivity contribution in [1.29, 1.82) is 0 Å². The molecule has 3 heterocycles. The number of fused-ring (bicyclic) bond motifs is 1. The highest BCUT2D eigenvalue weighted by molar-refractivity contribution is 5.90. The second-order valence-corrected chi connectivity index (χ2v) is 9.07. The van der Waals surface area contributed by atoms with Crippen LogP contribution in [0.1, 0.15) is 32.6 Å². The lowest BCUT2D eigenvalue weighted by molar-refractivity contribution is 0.0693. The van der Waals surface area contributed by atoms with Gasteiger partial charge < -0.3 is 19.5 Å². The van der Waals surface area contributed by atoms with Crippen LogP contribution in [0.15, 0.2) is 54.7 Å². The summed E-state index contributed by atoms with van der Waals surface area (Å²) in [5.74, 6) is -0.273. The van der Waals surface area contributed by atoms with Crippen LogP contribution in [-0.2, 0) is 19.6 Å². The molecule has 0 spiro atoms. The predicted molar refractivity (Wildman–Crippen MR) is 136 cm³/mol. The summed E-state index contributed by atoms with van der Waals surface area (Å²) in [6.45, 7) is 3.58. The number of aryl methyl sites for hydroxylation is 1. The van der Waals surface area contributed by atoms with Crippen LogP contribution >= 0.6 is 0 Å². The Bertz CT molecular complexity index is 1480. The van der Waals surface area contributed by atoms with E-state index >= 15 is 4.39 Å². The lowest BCUT2D eigenvalue weighted by Gasteiger charge is -2.26. The number of aromatic nitrogens is 3. The lowest BCUT2D eigenvalue weighted by Crippen LogP contribution is -2.27. The van der Waals surface area contributed by atoms with Crippen molar-refractivity contribution in [2.75, 3.05) is 20.7 Å². The number of aromatic carboxylic acids is 1. The molecular formula is C28H27FN4O4. The minimum absolute atomic E-state index is 0.0620. The van der Waals surface area contributed by atoms with Crippen molar-refractivity contribution in [2.24, 2.45) is 0 Å². The molecule has 1 aliphatic heterocycles. The van der Waals surface area contributed by atoms with Gasteiger partial charge in [0.2, 0.25) is 5.88 Å². The Morgan fingerprint density at radius 3 is 2.76 bits per heavy atom. The van der Waals surface area contributed by atoms with E-state index in [1.165, 1.54) is 18.0 Å². The number of halogens is 1. The number of pyridine rings is 1. The van der Waals surface area contributed by atoms with Gasteiger partial charge in [-0.2, -0.15) is 9.78 Å². The molecule has 9 heteroatoms. The topological polar surface area (TPSA) is 89.7 Å². The van der Waals surface area contributed by atoms with Crippen LogP contribution in [0.5, 0.6) is 11.6 Å². The van der Waals surface area contributed by atoms with Crippen molar-refractivity contribution in [3.8, 4) is 28.7 Å². The van der Waals surface area contributed by atoms with Crippen LogP contribution < -0.4 is 9.47 Å². The zero-order valence-corrected chi connectivity index (χ0v) is 20.9. The van der Waals surface area contributed by atoms with Gasteiger partial charge in [-0.25, -0.2) is 14.2 Å². The minimum atomic E-state index is -1.14. The first kappa shape index (κ1) is 24.5. The normalized spacial score (nSPS) is 13.3. The molecule has 0 atom stereocenters. The maximum Gasteiger partial charge on any atom is 0.342 e. The van der Waals surface area contributed by atoms with Crippen LogP contribution in [0, 0.1) is 12.7 Å². The van der Waals surface area contributed by atoms with E-state index in [4.69, 9.17) is 14.5 Å². The van der Waals surface area contributed by atoms with Gasteiger partial charge in [-0.1, -0.05) is 30.3 Å². The second-order valence-electron chi connectivity index (χ2n) is 9.07. The number of methoxy groups -OCH3 is 1. The molecular weight excluding hydrogens is 475 g/mol. The lowest BCUT2D eigenvalue weighted by atomic mass is 9.97. The zero-order chi connectivity index (χ0) is 26.1. The number of carboxylic acid groups (broad SMARTS) is 1. The van der Waals surface area contributed by atoms with Gasteiger partial charge in [-0.3, -0.25) is 0 Å². The number of rotatable bonds is 7. The SMILES string of the molecule is COc1c(C(=O)O)cnn1-c1cccc(-c2cccc(C)c2OCc2ccc3c(c2F)CCN(C)C3)n1. The highest BCUT2D eigenvalue weighted by Gasteiger charge is 2.22. The van der Waals surface area contributed by atoms with Gasteiger partial charge in [0.05, 0.1) is 19.0 Å². The van der Waals surface area contributed by atoms with Gasteiger partial charge in [-0.05, 0) is 55.3 Å². The van der Waals surface area contributed by atoms with Crippen LogP contribution in [-0.4, -0.2) is 51.4 Å². The summed E-state index contributed by atoms with van der Waals surface area (Å²) in [7, 11) is 3.42. The number of likely N-dealkylation sites (N-methyl/N-ethyl adjacent to an activating group) is 1. The van der Waals surface area contributed by atoms with Gasteiger partial charge in [0.15, 0.2) is 5.82 Å². The van der Waals surface area contributed by atoms with E-state index < -0.39 is 5.97 Å². The maximum atomic E-state index is 15.3. The standard InChI is InChI=1S/C28H27FN4O4/c1-17-6-4-7-21(23-8-5-9-24(31-23)33-27(36-3)22(14-30-33)28(34)35)26(17)37-16-19-11-10-18-15-32(2)13-12-20(18)25(19)29/h4-11,14H,12-13,15-16H2,1-3H3,(H,34,35). The molecule has 2 aromatic carbocycles. The smallest absolute Gasteiger partial charge is 0.342 e. The highest BCUT2D eigenvalue weighted by atomic mass is 19.1. The Balaban J connectivity index is 1.47. The molecule has 37 heavy (non-hydrogen) atoms. The molecule has 0 radical (unpaired) electrons. The molecule has 0 fully saturated rings. The predicted octanol–water partition coefficient (Wildman–Crippen LogP) is 4.66. The molecule has 0 saturated carbocycles. The fourth-order valence-corrected chi connectivity index (χ4v) is 4.64. The fraction of sp³-hybridized carbons (Fsp3) is 0.250. The fourth-order valence-electron chi connectivity index (χ4n) is 4.64. The zero-order valence-electron chi connectivity index (χ0n) is 20.9. The van der Waals surface area contributed by atoms with E-state index in [1.54, 1.807) is 18.2 Å². The third kappa shape index (κ3) is 4.65. The molecule has 190 valence electrons. The molecule has 0 saturated heterocycles. The van der Waals surface area contributed by atoms with Gasteiger partial charge in [-0.15, -0.1) is 0 Å². The van der Waals surface area contributed by atoms with Crippen molar-refractivity contribution in [3.63, 3.8) is 0 Å². The van der Waals surface area contributed by atoms with Crippen molar-refractivity contribution in [1.82, 2.24) is 19.7 Å². The van der Waals surface area contributed by atoms with Gasteiger partial charge >= 0.3 is 5.97 Å². The van der Waals surface area contributed by atoms with Crippen molar-refractivity contribution in [2.45, 2.75) is 26.5 Å². The molecule has 5 rings (SSSR count). The number of benzene rings is 2. The number of ether oxygens (including phenoxy) is 2. The van der Waals surface area contributed by atoms with Crippen LogP contribution in [0.2, 0.25) is 0 Å². The first-order chi connectivity index (χ1) is 17.9. The third-order valence-electron chi connectivity index (χ3n) is 6.56. The molecule has 1 aliphatic rings. The van der Waals surface area contributed by atoms with E-state index in [0.29, 0.717) is 29.2 Å². The first-order valence-electron chi connectivity index (χ1n) is 11.9. The quantitative estimate of drug-likeness (QED) is 0.393. The van der Waals surface area contributed by atoms with Gasteiger partial charge in [0.25, 0.3) is 0 Å². The van der Waals surface area contributed by atoms with E-state index in [1.807, 2.05) is 44.3 Å². The molecule has 2 aromatic heterocycles. The molecule has 0 amide bonds. The number of carbonyl (C=O) groups is 1. The summed E-state index contributed by atoms with van der Waals surface area (Å²) in [5, 5.41) is 13.6. The van der Waals surface area contributed by atoms with Crippen LogP contribution in [0.25, 0.3) is 17.1 Å². The average molecular weight is 503 g/mol. The largest absolute Gasteiger partial charge is 0.488 e. The third-order valence-corrected chi connectivity index (χ3v) is 6.56. The van der Waals surface area contributed by atoms with E-state index in [2.05, 4.69) is 10.00 Å². The molecule has 1 N–H and O–H groups in total. The summed E-state index contributed by atoms with van der Waals surface area (Å²) in [4.78, 5) is 18.4. The average Bonchev–Trinajstić information content (AvgIpc) is 3.33. The number of hydrogen-bond acceptors (Lipinski definition) is 6. The van der Waals surface area contributed by atoms with Crippen molar-refractivity contribution >= 4 is 5.97 Å². The molecule has 0 aliphatic carbocycles. The molecule has 0 unspecified atom stereocenters. The van der Waals surface area contributed by atoms with Crippen molar-refractivity contribution < 1.29 is 23.8 Å². The molecule has 0 bridgehead atoms. The van der Waals surface area contributed by atoms with E-state index in [0.717, 1.165) is 35.3 Å². The van der Waals surface area contributed by atoms with E-state index in [-0.39, 0.29) is 23.9 Å². The number of carboxylic acids is 1. The Hall–Kier alpha value is -4.24. The summed E-state index contributed by atoms with van der Waals surface area (Å²) in [6.07, 6.45) is 1.90. The van der Waals surface area contributed by atoms with E-state index in [9.17, 15) is 9.90 Å². The maximum absolute atomic E-state index is 15.3. The molecule has 4 aromatic rings. The summed E-state index contributed by atoms with van der Waals surface area (Å²) in [5.41, 5.74) is 4.45.